The number of nitrogens with zero attached hydrogens (tertiary/aromatic N) is 2. The van der Waals surface area contributed by atoms with E-state index in [0.29, 0.717) is 54.3 Å². The Morgan fingerprint density at radius 1 is 0.939 bits per heavy atom. The van der Waals surface area contributed by atoms with Gasteiger partial charge in [0.25, 0.3) is 0 Å². The van der Waals surface area contributed by atoms with Crippen LogP contribution in [0.2, 0.25) is 0 Å². The van der Waals surface area contributed by atoms with Gasteiger partial charge in [-0.1, -0.05) is 60.5 Å². The molecule has 1 heterocycles. The summed E-state index contributed by atoms with van der Waals surface area (Å²) in [7, 11) is 3.03. The lowest BCUT2D eigenvalue weighted by molar-refractivity contribution is -0.256. The van der Waals surface area contributed by atoms with Crippen LogP contribution in [-0.2, 0) is 25.7 Å². The number of methoxy groups -OCH3 is 2. The molecule has 1 fully saturated rings. The van der Waals surface area contributed by atoms with Crippen LogP contribution < -0.4 is 24.3 Å². The number of aliphatic hydroxyl groups excluding tert-OH is 3. The number of hydrogen-bond acceptors (Lipinski definition) is 14. The van der Waals surface area contributed by atoms with Crippen LogP contribution in [0.1, 0.15) is 68.9 Å². The minimum atomic E-state index is -1.56. The van der Waals surface area contributed by atoms with Crippen molar-refractivity contribution in [3.63, 3.8) is 0 Å². The third-order valence-corrected chi connectivity index (χ3v) is 12.3. The van der Waals surface area contributed by atoms with Gasteiger partial charge < -0.3 is 53.3 Å². The van der Waals surface area contributed by atoms with Crippen LogP contribution in [-0.4, -0.2) is 117 Å². The molecule has 358 valence electrons. The second kappa shape index (κ2) is 24.8. The van der Waals surface area contributed by atoms with Gasteiger partial charge in [0, 0.05) is 43.7 Å². The fourth-order valence-corrected chi connectivity index (χ4v) is 9.53. The van der Waals surface area contributed by atoms with Gasteiger partial charge in [0.05, 0.1) is 64.6 Å². The second-order valence-corrected chi connectivity index (χ2v) is 16.3. The summed E-state index contributed by atoms with van der Waals surface area (Å²) in [5.41, 5.74) is 3.50. The molecule has 6 rings (SSSR count). The number of aliphatic hydroxyl groups is 3. The zero-order valence-corrected chi connectivity index (χ0v) is 38.2. The molecule has 3 aromatic rings. The Hall–Kier alpha value is -5.65. The van der Waals surface area contributed by atoms with Crippen LogP contribution in [0.25, 0.3) is 0 Å². The number of anilines is 1. The molecule has 0 spiro atoms. The van der Waals surface area contributed by atoms with E-state index in [1.54, 1.807) is 55.3 Å². The minimum absolute atomic E-state index is 0.0275. The summed E-state index contributed by atoms with van der Waals surface area (Å²) >= 11 is 0. The molecule has 3 aromatic carbocycles. The van der Waals surface area contributed by atoms with Crippen LogP contribution in [0.5, 0.6) is 23.0 Å². The highest BCUT2D eigenvalue weighted by atomic mass is 16.7. The van der Waals surface area contributed by atoms with Gasteiger partial charge in [-0.25, -0.2) is 9.59 Å². The van der Waals surface area contributed by atoms with Crippen molar-refractivity contribution < 1.29 is 62.9 Å². The van der Waals surface area contributed by atoms with Gasteiger partial charge >= 0.3 is 12.2 Å². The van der Waals surface area contributed by atoms with Crippen molar-refractivity contribution in [1.29, 1.82) is 0 Å². The molecule has 1 saturated carbocycles. The molecule has 2 amide bonds. The molecule has 66 heavy (non-hydrogen) atoms. The number of oxime groups is 1. The van der Waals surface area contributed by atoms with Crippen LogP contribution in [0, 0.1) is 17.8 Å². The summed E-state index contributed by atoms with van der Waals surface area (Å²) in [4.78, 5) is 35.6. The van der Waals surface area contributed by atoms with Crippen molar-refractivity contribution in [3.05, 3.63) is 102 Å². The van der Waals surface area contributed by atoms with Crippen molar-refractivity contribution in [3.8, 4) is 23.0 Å². The number of fused-ring (bicyclic) bond motifs is 2. The summed E-state index contributed by atoms with van der Waals surface area (Å²) in [5.74, 6) is -1.03. The van der Waals surface area contributed by atoms with Gasteiger partial charge in [0.2, 0.25) is 5.79 Å². The standard InChI is InChI=1S/C50H65N3O13/c1-5-26-63-50-45(53(49(58)62-6-2)22-27-61-28-25-56)32-42(52-64-33-34-14-8-7-9-15-34)39-29-35(16-10-12-23-54)38(17-11-13-24-55)46(47(39)50)40-30-37(19-21-43(40)66-50)65-48(57)51-41-20-18-36(59-3)31-44(41)60-4/h5,7-9,14-15,18-21,29-31,35,38,45-47,54-56H,1,6,10-13,16-17,22-28,32-33H2,2-4H3,(H,51,57). The number of rotatable bonds is 25. The molecule has 16 heteroatoms. The topological polar surface area (TPSA) is 196 Å². The predicted octanol–water partition coefficient (Wildman–Crippen LogP) is 7.62. The lowest BCUT2D eigenvalue weighted by atomic mass is 9.55. The number of amides is 2. The Kier molecular flexibility index (Phi) is 18.7. The summed E-state index contributed by atoms with van der Waals surface area (Å²) < 4.78 is 42.5. The van der Waals surface area contributed by atoms with Crippen LogP contribution in [0.15, 0.2) is 96.2 Å². The molecule has 0 radical (unpaired) electrons. The van der Waals surface area contributed by atoms with E-state index in [1.807, 2.05) is 36.4 Å². The molecule has 2 aliphatic carbocycles. The maximum atomic E-state index is 14.3. The minimum Gasteiger partial charge on any atom is -0.497 e. The molecular formula is C50H65N3O13. The van der Waals surface area contributed by atoms with Gasteiger partial charge in [-0.2, -0.15) is 0 Å². The number of allylic oxidation sites excluding steroid dienone is 1. The molecule has 4 N–H and O–H groups in total. The molecule has 6 unspecified atom stereocenters. The molecule has 0 saturated heterocycles. The van der Waals surface area contributed by atoms with E-state index >= 15 is 0 Å². The van der Waals surface area contributed by atoms with Crippen molar-refractivity contribution in [1.82, 2.24) is 4.90 Å². The smallest absolute Gasteiger partial charge is 0.417 e. The molecule has 16 nitrogen and oxygen atoms in total. The monoisotopic (exact) mass is 915 g/mol. The largest absolute Gasteiger partial charge is 0.497 e. The van der Waals surface area contributed by atoms with E-state index in [9.17, 15) is 24.9 Å². The first-order chi connectivity index (χ1) is 32.2. The van der Waals surface area contributed by atoms with E-state index in [4.69, 9.17) is 43.2 Å². The lowest BCUT2D eigenvalue weighted by Crippen LogP contribution is -2.70. The first-order valence-corrected chi connectivity index (χ1v) is 22.8. The number of carbonyl (C=O) groups excluding carboxylic acids is 2. The molecule has 1 aliphatic heterocycles. The lowest BCUT2D eigenvalue weighted by Gasteiger charge is -2.59. The molecule has 3 aliphatic rings. The Labute approximate surface area is 387 Å². The van der Waals surface area contributed by atoms with Gasteiger partial charge in [0.15, 0.2) is 0 Å². The zero-order valence-electron chi connectivity index (χ0n) is 38.2. The molecule has 6 atom stereocenters. The molecule has 0 bridgehead atoms. The van der Waals surface area contributed by atoms with Crippen molar-refractivity contribution in [2.24, 2.45) is 22.9 Å². The first-order valence-electron chi connectivity index (χ1n) is 22.8. The number of nitrogens with one attached hydrogen (secondary N) is 1. The number of unbranched alkanes of at least 4 members (excludes halogenated alkanes) is 2. The Balaban J connectivity index is 1.53. The number of benzene rings is 3. The van der Waals surface area contributed by atoms with E-state index in [0.717, 1.165) is 29.5 Å². The van der Waals surface area contributed by atoms with Crippen LogP contribution >= 0.6 is 0 Å². The first kappa shape index (κ1) is 49.8. The summed E-state index contributed by atoms with van der Waals surface area (Å²) in [5, 5.41) is 37.1. The van der Waals surface area contributed by atoms with Gasteiger partial charge in [-0.3, -0.25) is 10.2 Å². The third kappa shape index (κ3) is 11.8. The van der Waals surface area contributed by atoms with Crippen molar-refractivity contribution in [2.75, 3.05) is 72.3 Å². The fourth-order valence-electron chi connectivity index (χ4n) is 9.53. The quantitative estimate of drug-likeness (QED) is 0.0369. The predicted molar refractivity (Wildman–Crippen MR) is 247 cm³/mol. The maximum absolute atomic E-state index is 14.3. The Morgan fingerprint density at radius 2 is 1.71 bits per heavy atom. The van der Waals surface area contributed by atoms with Crippen LogP contribution in [0.3, 0.4) is 0 Å². The highest BCUT2D eigenvalue weighted by molar-refractivity contribution is 6.03. The second-order valence-electron chi connectivity index (χ2n) is 16.3. The Morgan fingerprint density at radius 3 is 2.42 bits per heavy atom. The average Bonchev–Trinajstić information content (AvgIpc) is 3.33. The average molecular weight is 916 g/mol. The SMILES string of the molecule is C=CCOC12Oc3ccc(OC(=O)Nc4ccc(OC)cc4OC)cc3C3C(CCCCO)C(CCCCO)C=C(C(=NOCc4ccccc4)CC1N(CCOCCO)C(=O)OCC)C32. The van der Waals surface area contributed by atoms with Crippen molar-refractivity contribution >= 4 is 23.6 Å². The number of ether oxygens (including phenoxy) is 7. The highest BCUT2D eigenvalue weighted by Gasteiger charge is 2.65. The van der Waals surface area contributed by atoms with E-state index in [2.05, 4.69) is 18.0 Å². The van der Waals surface area contributed by atoms with Gasteiger partial charge in [0.1, 0.15) is 35.6 Å². The number of hydrogen-bond donors (Lipinski definition) is 4. The third-order valence-electron chi connectivity index (χ3n) is 12.3. The van der Waals surface area contributed by atoms with E-state index < -0.39 is 29.9 Å². The molecular weight excluding hydrogens is 851 g/mol. The van der Waals surface area contributed by atoms with Gasteiger partial charge in [-0.15, -0.1) is 6.58 Å². The summed E-state index contributed by atoms with van der Waals surface area (Å²) in [6, 6.07) is 19.1. The molecule has 0 aromatic heterocycles. The maximum Gasteiger partial charge on any atom is 0.417 e. The summed E-state index contributed by atoms with van der Waals surface area (Å²) in [6.07, 6.45) is 6.78. The number of carbonyl (C=O) groups is 2. The normalized spacial score (nSPS) is 22.2. The zero-order chi connectivity index (χ0) is 46.9. The fraction of sp³-hybridized carbons (Fsp3) is 0.500. The summed E-state index contributed by atoms with van der Waals surface area (Å²) in [6.45, 7) is 6.20. The van der Waals surface area contributed by atoms with Gasteiger partial charge in [-0.05, 0) is 85.9 Å². The van der Waals surface area contributed by atoms with Crippen LogP contribution in [0.4, 0.5) is 15.3 Å². The van der Waals surface area contributed by atoms with E-state index in [1.165, 1.54) is 7.11 Å². The van der Waals surface area contributed by atoms with E-state index in [-0.39, 0.29) is 89.3 Å². The Bertz CT molecular complexity index is 2120. The highest BCUT2D eigenvalue weighted by Crippen LogP contribution is 2.62. The van der Waals surface area contributed by atoms with Crippen molar-refractivity contribution in [2.45, 2.75) is 76.2 Å².